The first-order valence-electron chi connectivity index (χ1n) is 7.90. The van der Waals surface area contributed by atoms with Crippen LogP contribution in [0.2, 0.25) is 0 Å². The van der Waals surface area contributed by atoms with Crippen LogP contribution in [-0.2, 0) is 30.2 Å². The molecule has 0 unspecified atom stereocenters. The SMILES string of the molecule is C[C@H]1CN(C(=O)CCn2cnc3c2c(=O)n(C)c(=O)n3C)CCO1. The Kier molecular flexibility index (Phi) is 4.27. The van der Waals surface area contributed by atoms with Crippen molar-refractivity contribution in [3.8, 4) is 0 Å². The summed E-state index contributed by atoms with van der Waals surface area (Å²) < 4.78 is 9.45. The molecule has 0 bridgehead atoms. The third kappa shape index (κ3) is 2.75. The second-order valence-corrected chi connectivity index (χ2v) is 6.09. The first-order valence-corrected chi connectivity index (χ1v) is 7.90. The van der Waals surface area contributed by atoms with Gasteiger partial charge in [-0.2, -0.15) is 0 Å². The zero-order valence-electron chi connectivity index (χ0n) is 14.1. The molecule has 1 fully saturated rings. The molecule has 3 heterocycles. The third-order valence-corrected chi connectivity index (χ3v) is 4.38. The average molecular weight is 335 g/mol. The molecular formula is C15H21N5O4. The molecule has 0 N–H and O–H groups in total. The molecule has 24 heavy (non-hydrogen) atoms. The number of hydrogen-bond donors (Lipinski definition) is 0. The number of rotatable bonds is 3. The van der Waals surface area contributed by atoms with Crippen LogP contribution in [0.15, 0.2) is 15.9 Å². The van der Waals surface area contributed by atoms with Crippen LogP contribution >= 0.6 is 0 Å². The van der Waals surface area contributed by atoms with E-state index in [0.29, 0.717) is 37.4 Å². The number of carbonyl (C=O) groups excluding carboxylic acids is 1. The zero-order valence-corrected chi connectivity index (χ0v) is 14.1. The van der Waals surface area contributed by atoms with E-state index < -0.39 is 11.2 Å². The van der Waals surface area contributed by atoms with Crippen molar-refractivity contribution in [2.24, 2.45) is 14.1 Å². The van der Waals surface area contributed by atoms with Crippen LogP contribution in [0.1, 0.15) is 13.3 Å². The van der Waals surface area contributed by atoms with E-state index >= 15 is 0 Å². The van der Waals surface area contributed by atoms with E-state index in [4.69, 9.17) is 4.74 Å². The molecule has 2 aromatic heterocycles. The molecule has 1 aliphatic heterocycles. The minimum atomic E-state index is -0.420. The minimum absolute atomic E-state index is 0.0219. The molecule has 0 radical (unpaired) electrons. The van der Waals surface area contributed by atoms with Gasteiger partial charge in [-0.1, -0.05) is 0 Å². The lowest BCUT2D eigenvalue weighted by molar-refractivity contribution is -0.138. The van der Waals surface area contributed by atoms with Crippen LogP contribution in [0.3, 0.4) is 0 Å². The normalized spacial score (nSPS) is 18.3. The van der Waals surface area contributed by atoms with Crippen molar-refractivity contribution in [1.82, 2.24) is 23.6 Å². The van der Waals surface area contributed by atoms with Gasteiger partial charge in [0.05, 0.1) is 19.0 Å². The molecule has 0 saturated carbocycles. The lowest BCUT2D eigenvalue weighted by atomic mass is 10.2. The largest absolute Gasteiger partial charge is 0.375 e. The summed E-state index contributed by atoms with van der Waals surface area (Å²) in [4.78, 5) is 42.5. The van der Waals surface area contributed by atoms with Crippen LogP contribution in [0.4, 0.5) is 0 Å². The van der Waals surface area contributed by atoms with Gasteiger partial charge in [-0.25, -0.2) is 9.78 Å². The molecule has 1 atom stereocenters. The Morgan fingerprint density at radius 3 is 2.79 bits per heavy atom. The maximum absolute atomic E-state index is 12.3. The monoisotopic (exact) mass is 335 g/mol. The van der Waals surface area contributed by atoms with Crippen molar-refractivity contribution in [3.05, 3.63) is 27.2 Å². The van der Waals surface area contributed by atoms with Gasteiger partial charge in [-0.15, -0.1) is 0 Å². The van der Waals surface area contributed by atoms with Crippen LogP contribution in [0, 0.1) is 0 Å². The number of ether oxygens (including phenoxy) is 1. The van der Waals surface area contributed by atoms with Crippen molar-refractivity contribution in [3.63, 3.8) is 0 Å². The molecule has 9 heteroatoms. The molecule has 2 aromatic rings. The van der Waals surface area contributed by atoms with Crippen molar-refractivity contribution in [2.75, 3.05) is 19.7 Å². The molecule has 3 rings (SSSR count). The van der Waals surface area contributed by atoms with E-state index in [9.17, 15) is 14.4 Å². The molecule has 0 spiro atoms. The molecule has 130 valence electrons. The number of hydrogen-bond acceptors (Lipinski definition) is 5. The van der Waals surface area contributed by atoms with E-state index in [1.54, 1.807) is 16.5 Å². The summed E-state index contributed by atoms with van der Waals surface area (Å²) in [5.74, 6) is 0.0219. The van der Waals surface area contributed by atoms with Crippen molar-refractivity contribution in [2.45, 2.75) is 26.0 Å². The van der Waals surface area contributed by atoms with Gasteiger partial charge in [0.1, 0.15) is 0 Å². The van der Waals surface area contributed by atoms with Gasteiger partial charge in [0.15, 0.2) is 11.2 Å². The highest BCUT2D eigenvalue weighted by molar-refractivity contribution is 5.76. The number of nitrogens with zero attached hydrogens (tertiary/aromatic N) is 5. The molecule has 1 amide bonds. The van der Waals surface area contributed by atoms with E-state index in [2.05, 4.69) is 4.98 Å². The van der Waals surface area contributed by atoms with Gasteiger partial charge < -0.3 is 14.2 Å². The summed E-state index contributed by atoms with van der Waals surface area (Å²) in [7, 11) is 3.00. The van der Waals surface area contributed by atoms with E-state index in [1.165, 1.54) is 17.9 Å². The molecule has 0 aromatic carbocycles. The van der Waals surface area contributed by atoms with Gasteiger partial charge >= 0.3 is 5.69 Å². The maximum atomic E-state index is 12.3. The molecule has 0 aliphatic carbocycles. The number of imidazole rings is 1. The van der Waals surface area contributed by atoms with Crippen molar-refractivity contribution >= 4 is 17.1 Å². The highest BCUT2D eigenvalue weighted by Crippen LogP contribution is 2.09. The summed E-state index contributed by atoms with van der Waals surface area (Å²) in [6.45, 7) is 4.00. The van der Waals surface area contributed by atoms with Gasteiger partial charge in [0.25, 0.3) is 5.56 Å². The Morgan fingerprint density at radius 2 is 2.08 bits per heavy atom. The number of aromatic nitrogens is 4. The van der Waals surface area contributed by atoms with Crippen LogP contribution in [0.5, 0.6) is 0 Å². The summed E-state index contributed by atoms with van der Waals surface area (Å²) in [6, 6.07) is 0. The predicted octanol–water partition coefficient (Wildman–Crippen LogP) is -0.929. The fourth-order valence-corrected chi connectivity index (χ4v) is 2.99. The first kappa shape index (κ1) is 16.4. The van der Waals surface area contributed by atoms with Gasteiger partial charge in [-0.05, 0) is 6.92 Å². The second-order valence-electron chi connectivity index (χ2n) is 6.09. The Labute approximate surface area is 138 Å². The number of morpholine rings is 1. The number of carbonyl (C=O) groups is 1. The molecule has 1 aliphatic rings. The number of fused-ring (bicyclic) bond motifs is 1. The highest BCUT2D eigenvalue weighted by atomic mass is 16.5. The summed E-state index contributed by atoms with van der Waals surface area (Å²) in [5.41, 5.74) is -0.160. The summed E-state index contributed by atoms with van der Waals surface area (Å²) in [5, 5.41) is 0. The lowest BCUT2D eigenvalue weighted by Gasteiger charge is -2.31. The van der Waals surface area contributed by atoms with Crippen LogP contribution < -0.4 is 11.2 Å². The standard InChI is InChI=1S/C15H21N5O4/c1-10-8-19(6-7-24-10)11(21)4-5-20-9-16-13-12(20)14(22)18(3)15(23)17(13)2/h9-10H,4-8H2,1-3H3/t10-/m0/s1. The Morgan fingerprint density at radius 1 is 1.33 bits per heavy atom. The number of aryl methyl sites for hydroxylation is 2. The maximum Gasteiger partial charge on any atom is 0.332 e. The smallest absolute Gasteiger partial charge is 0.332 e. The van der Waals surface area contributed by atoms with Gasteiger partial charge in [0, 0.05) is 40.2 Å². The zero-order chi connectivity index (χ0) is 17.4. The summed E-state index contributed by atoms with van der Waals surface area (Å²) >= 11 is 0. The Balaban J connectivity index is 1.83. The van der Waals surface area contributed by atoms with E-state index in [-0.39, 0.29) is 18.4 Å². The van der Waals surface area contributed by atoms with Crippen molar-refractivity contribution in [1.29, 1.82) is 0 Å². The lowest BCUT2D eigenvalue weighted by Crippen LogP contribution is -2.44. The first-order chi connectivity index (χ1) is 11.4. The van der Waals surface area contributed by atoms with Gasteiger partial charge in [-0.3, -0.25) is 18.7 Å². The highest BCUT2D eigenvalue weighted by Gasteiger charge is 2.21. The van der Waals surface area contributed by atoms with Gasteiger partial charge in [0.2, 0.25) is 5.91 Å². The predicted molar refractivity (Wildman–Crippen MR) is 86.8 cm³/mol. The molecular weight excluding hydrogens is 314 g/mol. The average Bonchev–Trinajstić information content (AvgIpc) is 3.00. The van der Waals surface area contributed by atoms with Crippen molar-refractivity contribution < 1.29 is 9.53 Å². The summed E-state index contributed by atoms with van der Waals surface area (Å²) in [6.07, 6.45) is 1.81. The Bertz CT molecular complexity index is 894. The Hall–Kier alpha value is -2.42. The fraction of sp³-hybridized carbons (Fsp3) is 0.600. The third-order valence-electron chi connectivity index (χ3n) is 4.38. The quantitative estimate of drug-likeness (QED) is 0.723. The minimum Gasteiger partial charge on any atom is -0.375 e. The van der Waals surface area contributed by atoms with E-state index in [1.807, 2.05) is 6.92 Å². The van der Waals surface area contributed by atoms with Crippen LogP contribution in [0.25, 0.3) is 11.2 Å². The van der Waals surface area contributed by atoms with Crippen LogP contribution in [-0.4, -0.2) is 55.3 Å². The second kappa shape index (κ2) is 6.23. The topological polar surface area (TPSA) is 91.4 Å². The fourth-order valence-electron chi connectivity index (χ4n) is 2.99. The molecule has 1 saturated heterocycles. The molecule has 9 nitrogen and oxygen atoms in total. The van der Waals surface area contributed by atoms with E-state index in [0.717, 1.165) is 4.57 Å². The number of amides is 1.